The standard InChI is InChI=1S/C22H45NO2/c1-5-6-7-8-9-10-11-12-13-14-15-16-17-18-19-20(23)21(24)25-22(2,3)4/h20H,5-19,23H2,1-4H3/t20-/m1/s1. The van der Waals surface area contributed by atoms with E-state index in [9.17, 15) is 4.79 Å². The molecule has 2 N–H and O–H groups in total. The predicted octanol–water partition coefficient (Wildman–Crippen LogP) is 6.53. The lowest BCUT2D eigenvalue weighted by molar-refractivity contribution is -0.156. The molecule has 0 aliphatic carbocycles. The molecule has 0 rings (SSSR count). The fourth-order valence-electron chi connectivity index (χ4n) is 3.05. The molecule has 0 aliphatic rings. The summed E-state index contributed by atoms with van der Waals surface area (Å²) in [7, 11) is 0. The van der Waals surface area contributed by atoms with Gasteiger partial charge in [-0.3, -0.25) is 4.79 Å². The minimum atomic E-state index is -0.462. The van der Waals surface area contributed by atoms with Crippen LogP contribution in [0.15, 0.2) is 0 Å². The molecule has 0 amide bonds. The Hall–Kier alpha value is -0.570. The van der Waals surface area contributed by atoms with Crippen LogP contribution in [0, 0.1) is 0 Å². The maximum Gasteiger partial charge on any atom is 0.323 e. The molecule has 0 aromatic heterocycles. The van der Waals surface area contributed by atoms with Crippen LogP contribution in [0.5, 0.6) is 0 Å². The van der Waals surface area contributed by atoms with Gasteiger partial charge in [0.15, 0.2) is 0 Å². The smallest absolute Gasteiger partial charge is 0.323 e. The van der Waals surface area contributed by atoms with Gasteiger partial charge in [-0.05, 0) is 27.2 Å². The van der Waals surface area contributed by atoms with Crippen LogP contribution < -0.4 is 5.73 Å². The van der Waals surface area contributed by atoms with E-state index in [4.69, 9.17) is 10.5 Å². The van der Waals surface area contributed by atoms with Crippen molar-refractivity contribution in [2.45, 2.75) is 136 Å². The summed E-state index contributed by atoms with van der Waals surface area (Å²) in [5, 5.41) is 0. The van der Waals surface area contributed by atoms with Gasteiger partial charge in [-0.2, -0.15) is 0 Å². The molecule has 0 saturated heterocycles. The quantitative estimate of drug-likeness (QED) is 0.253. The van der Waals surface area contributed by atoms with Crippen molar-refractivity contribution in [3.05, 3.63) is 0 Å². The zero-order valence-corrected chi connectivity index (χ0v) is 17.6. The lowest BCUT2D eigenvalue weighted by Crippen LogP contribution is -2.37. The molecule has 0 aromatic rings. The highest BCUT2D eigenvalue weighted by Gasteiger charge is 2.21. The molecule has 3 heteroatoms. The topological polar surface area (TPSA) is 52.3 Å². The summed E-state index contributed by atoms with van der Waals surface area (Å²) in [6, 6.07) is -0.462. The summed E-state index contributed by atoms with van der Waals surface area (Å²) in [5.74, 6) is -0.262. The second kappa shape index (κ2) is 15.7. The van der Waals surface area contributed by atoms with Crippen LogP contribution in [-0.4, -0.2) is 17.6 Å². The summed E-state index contributed by atoms with van der Waals surface area (Å²) in [6.45, 7) is 7.91. The fourth-order valence-corrected chi connectivity index (χ4v) is 3.05. The van der Waals surface area contributed by atoms with E-state index in [-0.39, 0.29) is 5.97 Å². The first-order valence-electron chi connectivity index (χ1n) is 10.8. The first kappa shape index (κ1) is 24.4. The number of rotatable bonds is 16. The van der Waals surface area contributed by atoms with Crippen molar-refractivity contribution in [3.63, 3.8) is 0 Å². The predicted molar refractivity (Wildman–Crippen MR) is 109 cm³/mol. The zero-order valence-electron chi connectivity index (χ0n) is 17.6. The second-order valence-electron chi connectivity index (χ2n) is 8.52. The number of esters is 1. The number of ether oxygens (including phenoxy) is 1. The molecule has 0 heterocycles. The number of unbranched alkanes of at least 4 members (excludes halogenated alkanes) is 13. The minimum absolute atomic E-state index is 0.262. The number of carbonyl (C=O) groups is 1. The van der Waals surface area contributed by atoms with Crippen LogP contribution in [0.1, 0.15) is 124 Å². The van der Waals surface area contributed by atoms with Gasteiger partial charge in [-0.15, -0.1) is 0 Å². The van der Waals surface area contributed by atoms with E-state index < -0.39 is 11.6 Å². The highest BCUT2D eigenvalue weighted by atomic mass is 16.6. The van der Waals surface area contributed by atoms with E-state index in [0.29, 0.717) is 0 Å². The first-order valence-corrected chi connectivity index (χ1v) is 10.8. The molecular weight excluding hydrogens is 310 g/mol. The van der Waals surface area contributed by atoms with Crippen LogP contribution in [0.3, 0.4) is 0 Å². The maximum atomic E-state index is 11.8. The third-order valence-electron chi connectivity index (χ3n) is 4.58. The normalized spacial score (nSPS) is 13.0. The van der Waals surface area contributed by atoms with Crippen LogP contribution in [0.25, 0.3) is 0 Å². The average Bonchev–Trinajstić information content (AvgIpc) is 2.53. The average molecular weight is 356 g/mol. The van der Waals surface area contributed by atoms with Crippen molar-refractivity contribution in [1.29, 1.82) is 0 Å². The van der Waals surface area contributed by atoms with Crippen LogP contribution in [0.2, 0.25) is 0 Å². The molecule has 0 unspecified atom stereocenters. The fraction of sp³-hybridized carbons (Fsp3) is 0.955. The third-order valence-corrected chi connectivity index (χ3v) is 4.58. The Kier molecular flexibility index (Phi) is 15.3. The summed E-state index contributed by atoms with van der Waals surface area (Å²) in [4.78, 5) is 11.8. The number of nitrogens with two attached hydrogens (primary N) is 1. The summed E-state index contributed by atoms with van der Waals surface area (Å²) < 4.78 is 5.31. The zero-order chi connectivity index (χ0) is 19.0. The summed E-state index contributed by atoms with van der Waals surface area (Å²) in [5.41, 5.74) is 5.46. The molecule has 0 fully saturated rings. The summed E-state index contributed by atoms with van der Waals surface area (Å²) >= 11 is 0. The highest BCUT2D eigenvalue weighted by Crippen LogP contribution is 2.14. The van der Waals surface area contributed by atoms with Crippen LogP contribution in [0.4, 0.5) is 0 Å². The van der Waals surface area contributed by atoms with E-state index >= 15 is 0 Å². The Bertz CT molecular complexity index is 310. The molecule has 150 valence electrons. The van der Waals surface area contributed by atoms with Crippen molar-refractivity contribution >= 4 is 5.97 Å². The second-order valence-corrected chi connectivity index (χ2v) is 8.52. The SMILES string of the molecule is CCCCCCCCCCCCCCCC[C@@H](N)C(=O)OC(C)(C)C. The molecule has 0 radical (unpaired) electrons. The number of hydrogen-bond donors (Lipinski definition) is 1. The van der Waals surface area contributed by atoms with Crippen molar-refractivity contribution in [2.75, 3.05) is 0 Å². The van der Waals surface area contributed by atoms with E-state index in [2.05, 4.69) is 6.92 Å². The van der Waals surface area contributed by atoms with Crippen molar-refractivity contribution in [3.8, 4) is 0 Å². The van der Waals surface area contributed by atoms with Crippen LogP contribution >= 0.6 is 0 Å². The minimum Gasteiger partial charge on any atom is -0.459 e. The Morgan fingerprint density at radius 3 is 1.48 bits per heavy atom. The Labute approximate surface area is 157 Å². The Balaban J connectivity index is 3.29. The molecule has 3 nitrogen and oxygen atoms in total. The highest BCUT2D eigenvalue weighted by molar-refractivity contribution is 5.75. The third kappa shape index (κ3) is 18.0. The number of hydrogen-bond acceptors (Lipinski definition) is 3. The Morgan fingerprint density at radius 2 is 1.12 bits per heavy atom. The van der Waals surface area contributed by atoms with Gasteiger partial charge < -0.3 is 10.5 Å². The van der Waals surface area contributed by atoms with Crippen LogP contribution in [-0.2, 0) is 9.53 Å². The lowest BCUT2D eigenvalue weighted by Gasteiger charge is -2.22. The van der Waals surface area contributed by atoms with Crippen molar-refractivity contribution < 1.29 is 9.53 Å². The van der Waals surface area contributed by atoms with Gasteiger partial charge in [0.05, 0.1) is 0 Å². The molecule has 0 spiro atoms. The van der Waals surface area contributed by atoms with Gasteiger partial charge in [0.2, 0.25) is 0 Å². The van der Waals surface area contributed by atoms with Gasteiger partial charge in [-0.25, -0.2) is 0 Å². The van der Waals surface area contributed by atoms with E-state index in [1.807, 2.05) is 20.8 Å². The molecule has 0 aliphatic heterocycles. The van der Waals surface area contributed by atoms with Gasteiger partial charge in [0.25, 0.3) is 0 Å². The molecule has 25 heavy (non-hydrogen) atoms. The monoisotopic (exact) mass is 355 g/mol. The van der Waals surface area contributed by atoms with E-state index in [1.54, 1.807) is 0 Å². The summed E-state index contributed by atoms with van der Waals surface area (Å²) in [6.07, 6.45) is 19.5. The van der Waals surface area contributed by atoms with Gasteiger partial charge in [0.1, 0.15) is 11.6 Å². The van der Waals surface area contributed by atoms with Gasteiger partial charge >= 0.3 is 5.97 Å². The van der Waals surface area contributed by atoms with Crippen molar-refractivity contribution in [1.82, 2.24) is 0 Å². The molecular formula is C22H45NO2. The molecule has 1 atom stereocenters. The van der Waals surface area contributed by atoms with Crippen molar-refractivity contribution in [2.24, 2.45) is 5.73 Å². The lowest BCUT2D eigenvalue weighted by atomic mass is 10.0. The maximum absolute atomic E-state index is 11.8. The largest absolute Gasteiger partial charge is 0.459 e. The molecule has 0 bridgehead atoms. The molecule has 0 saturated carbocycles. The molecule has 0 aromatic carbocycles. The van der Waals surface area contributed by atoms with E-state index in [1.165, 1.54) is 83.5 Å². The Morgan fingerprint density at radius 1 is 0.760 bits per heavy atom. The van der Waals surface area contributed by atoms with Gasteiger partial charge in [0, 0.05) is 0 Å². The number of carbonyl (C=O) groups excluding carboxylic acids is 1. The van der Waals surface area contributed by atoms with Gasteiger partial charge in [-0.1, -0.05) is 96.8 Å². The first-order chi connectivity index (χ1) is 11.9. The van der Waals surface area contributed by atoms with E-state index in [0.717, 1.165) is 12.8 Å².